The number of benzene rings is 1. The molecular formula is C21H28ClFN2O. The smallest absolute Gasteiger partial charge is 0.319 e. The fraction of sp³-hybridized carbons (Fsp3) is 0.667. The fourth-order valence-corrected chi connectivity index (χ4v) is 6.49. The first-order chi connectivity index (χ1) is 12.5. The number of hydrogen-bond acceptors (Lipinski definition) is 1. The first kappa shape index (κ1) is 18.1. The maximum atomic E-state index is 14.0. The minimum absolute atomic E-state index is 0.174. The summed E-state index contributed by atoms with van der Waals surface area (Å²) in [4.78, 5) is 12.6. The number of rotatable bonds is 5. The standard InChI is InChI=1S/C21H28ClFN2O/c1-2-3-19(21-10-13-6-14(11-21)8-15(7-13)12-21)25-20(26)24-18-5-4-16(22)9-17(18)23/h4-5,9,13-15,19H,2-3,6-8,10-12H2,1H3,(H2,24,25,26). The Kier molecular flexibility index (Phi) is 4.89. The summed E-state index contributed by atoms with van der Waals surface area (Å²) in [6.45, 7) is 2.17. The highest BCUT2D eigenvalue weighted by Crippen LogP contribution is 2.61. The zero-order valence-electron chi connectivity index (χ0n) is 15.4. The SMILES string of the molecule is CCCC(NC(=O)Nc1ccc(Cl)cc1F)C12CC3CC(CC(C3)C1)C2. The normalized spacial score (nSPS) is 33.1. The topological polar surface area (TPSA) is 41.1 Å². The molecule has 1 aromatic carbocycles. The van der Waals surface area contributed by atoms with Crippen LogP contribution in [0.1, 0.15) is 58.3 Å². The van der Waals surface area contributed by atoms with Gasteiger partial charge in [0.2, 0.25) is 0 Å². The number of urea groups is 1. The Balaban J connectivity index is 1.47. The lowest BCUT2D eigenvalue weighted by Crippen LogP contribution is -2.57. The average molecular weight is 379 g/mol. The van der Waals surface area contributed by atoms with Crippen molar-refractivity contribution in [2.75, 3.05) is 5.32 Å². The van der Waals surface area contributed by atoms with Crippen LogP contribution in [0.5, 0.6) is 0 Å². The average Bonchev–Trinajstić information content (AvgIpc) is 2.56. The van der Waals surface area contributed by atoms with Gasteiger partial charge < -0.3 is 10.6 Å². The van der Waals surface area contributed by atoms with E-state index in [0.717, 1.165) is 30.6 Å². The van der Waals surface area contributed by atoms with E-state index in [4.69, 9.17) is 11.6 Å². The van der Waals surface area contributed by atoms with Crippen molar-refractivity contribution < 1.29 is 9.18 Å². The van der Waals surface area contributed by atoms with Crippen LogP contribution in [-0.2, 0) is 0 Å². The molecule has 0 aromatic heterocycles. The third-order valence-electron chi connectivity index (χ3n) is 6.89. The molecule has 3 nitrogen and oxygen atoms in total. The van der Waals surface area contributed by atoms with E-state index in [9.17, 15) is 9.18 Å². The van der Waals surface area contributed by atoms with E-state index in [-0.39, 0.29) is 23.2 Å². The van der Waals surface area contributed by atoms with Crippen LogP contribution in [0.15, 0.2) is 18.2 Å². The van der Waals surface area contributed by atoms with Crippen molar-refractivity contribution in [1.29, 1.82) is 0 Å². The van der Waals surface area contributed by atoms with Gasteiger partial charge in [-0.05, 0) is 86.3 Å². The highest BCUT2D eigenvalue weighted by molar-refractivity contribution is 6.30. The van der Waals surface area contributed by atoms with E-state index in [1.807, 2.05) is 0 Å². The Hall–Kier alpha value is -1.29. The number of carbonyl (C=O) groups excluding carboxylic acids is 1. The molecule has 0 heterocycles. The Morgan fingerprint density at radius 2 is 1.85 bits per heavy atom. The number of carbonyl (C=O) groups is 1. The molecule has 26 heavy (non-hydrogen) atoms. The molecule has 0 saturated heterocycles. The fourth-order valence-electron chi connectivity index (χ4n) is 6.33. The second-order valence-electron chi connectivity index (χ2n) is 8.84. The molecule has 1 unspecified atom stereocenters. The lowest BCUT2D eigenvalue weighted by molar-refractivity contribution is -0.0727. The van der Waals surface area contributed by atoms with Crippen LogP contribution >= 0.6 is 11.6 Å². The van der Waals surface area contributed by atoms with Gasteiger partial charge in [0.1, 0.15) is 5.82 Å². The first-order valence-electron chi connectivity index (χ1n) is 10.00. The van der Waals surface area contributed by atoms with E-state index in [0.29, 0.717) is 5.02 Å². The molecular weight excluding hydrogens is 351 g/mol. The molecule has 2 N–H and O–H groups in total. The van der Waals surface area contributed by atoms with Crippen molar-refractivity contribution >= 4 is 23.3 Å². The van der Waals surface area contributed by atoms with Gasteiger partial charge >= 0.3 is 6.03 Å². The molecule has 5 rings (SSSR count). The van der Waals surface area contributed by atoms with Crippen molar-refractivity contribution in [2.45, 2.75) is 64.3 Å². The maximum Gasteiger partial charge on any atom is 0.319 e. The zero-order chi connectivity index (χ0) is 18.3. The van der Waals surface area contributed by atoms with Gasteiger partial charge in [-0.3, -0.25) is 0 Å². The summed E-state index contributed by atoms with van der Waals surface area (Å²) < 4.78 is 14.0. The number of amides is 2. The van der Waals surface area contributed by atoms with Gasteiger partial charge in [0.05, 0.1) is 5.69 Å². The third kappa shape index (κ3) is 3.45. The number of hydrogen-bond donors (Lipinski definition) is 2. The summed E-state index contributed by atoms with van der Waals surface area (Å²) in [6.07, 6.45) is 9.95. The summed E-state index contributed by atoms with van der Waals surface area (Å²) in [5, 5.41) is 6.22. The van der Waals surface area contributed by atoms with Crippen LogP contribution in [0, 0.1) is 29.0 Å². The molecule has 4 saturated carbocycles. The highest BCUT2D eigenvalue weighted by atomic mass is 35.5. The summed E-state index contributed by atoms with van der Waals surface area (Å²) in [5.74, 6) is 2.03. The molecule has 4 fully saturated rings. The molecule has 4 aliphatic rings. The van der Waals surface area contributed by atoms with Gasteiger partial charge in [-0.2, -0.15) is 0 Å². The molecule has 0 radical (unpaired) electrons. The third-order valence-corrected chi connectivity index (χ3v) is 7.12. The Bertz CT molecular complexity index is 657. The Labute approximate surface area is 160 Å². The van der Waals surface area contributed by atoms with Crippen LogP contribution in [0.25, 0.3) is 0 Å². The van der Waals surface area contributed by atoms with E-state index in [2.05, 4.69) is 17.6 Å². The number of anilines is 1. The molecule has 4 bridgehead atoms. The van der Waals surface area contributed by atoms with Crippen LogP contribution in [0.3, 0.4) is 0 Å². The second-order valence-corrected chi connectivity index (χ2v) is 9.28. The number of nitrogens with one attached hydrogen (secondary N) is 2. The molecule has 5 heteroatoms. The minimum Gasteiger partial charge on any atom is -0.335 e. The second kappa shape index (κ2) is 7.03. The largest absolute Gasteiger partial charge is 0.335 e. The van der Waals surface area contributed by atoms with Crippen LogP contribution in [0.4, 0.5) is 14.9 Å². The maximum absolute atomic E-state index is 14.0. The van der Waals surface area contributed by atoms with Crippen molar-refractivity contribution in [3.8, 4) is 0 Å². The molecule has 4 aliphatic carbocycles. The summed E-state index contributed by atoms with van der Waals surface area (Å²) >= 11 is 5.79. The Morgan fingerprint density at radius 1 is 1.23 bits per heavy atom. The van der Waals surface area contributed by atoms with Gasteiger partial charge in [-0.15, -0.1) is 0 Å². The monoisotopic (exact) mass is 378 g/mol. The lowest BCUT2D eigenvalue weighted by Gasteiger charge is -2.59. The quantitative estimate of drug-likeness (QED) is 0.649. The predicted octanol–water partition coefficient (Wildman–Crippen LogP) is 5.99. The molecule has 142 valence electrons. The first-order valence-corrected chi connectivity index (χ1v) is 10.4. The van der Waals surface area contributed by atoms with Gasteiger partial charge in [0.15, 0.2) is 0 Å². The zero-order valence-corrected chi connectivity index (χ0v) is 16.1. The van der Waals surface area contributed by atoms with Crippen LogP contribution in [-0.4, -0.2) is 12.1 Å². The van der Waals surface area contributed by atoms with Crippen molar-refractivity contribution in [3.63, 3.8) is 0 Å². The van der Waals surface area contributed by atoms with E-state index < -0.39 is 5.82 Å². The van der Waals surface area contributed by atoms with E-state index in [1.54, 1.807) is 6.07 Å². The predicted molar refractivity (Wildman–Crippen MR) is 103 cm³/mol. The van der Waals surface area contributed by atoms with Crippen molar-refractivity contribution in [2.24, 2.45) is 23.2 Å². The molecule has 1 aromatic rings. The van der Waals surface area contributed by atoms with Gasteiger partial charge in [-0.1, -0.05) is 24.9 Å². The van der Waals surface area contributed by atoms with Gasteiger partial charge in [-0.25, -0.2) is 9.18 Å². The van der Waals surface area contributed by atoms with Crippen molar-refractivity contribution in [3.05, 3.63) is 29.0 Å². The van der Waals surface area contributed by atoms with Crippen molar-refractivity contribution in [1.82, 2.24) is 5.32 Å². The van der Waals surface area contributed by atoms with Crippen LogP contribution in [0.2, 0.25) is 5.02 Å². The summed E-state index contributed by atoms with van der Waals surface area (Å²) in [5.41, 5.74) is 0.424. The van der Waals surface area contributed by atoms with Gasteiger partial charge in [0, 0.05) is 11.1 Å². The van der Waals surface area contributed by atoms with Gasteiger partial charge in [0.25, 0.3) is 0 Å². The summed E-state index contributed by atoms with van der Waals surface area (Å²) in [7, 11) is 0. The van der Waals surface area contributed by atoms with E-state index >= 15 is 0 Å². The molecule has 2 amide bonds. The van der Waals surface area contributed by atoms with Crippen LogP contribution < -0.4 is 10.6 Å². The molecule has 0 spiro atoms. The number of halogens is 2. The highest BCUT2D eigenvalue weighted by Gasteiger charge is 2.54. The summed E-state index contributed by atoms with van der Waals surface area (Å²) in [6, 6.07) is 4.19. The molecule has 1 atom stereocenters. The van der Waals surface area contributed by atoms with E-state index in [1.165, 1.54) is 50.7 Å². The minimum atomic E-state index is -0.505. The Morgan fingerprint density at radius 3 is 2.38 bits per heavy atom. The molecule has 0 aliphatic heterocycles. The lowest BCUT2D eigenvalue weighted by atomic mass is 9.47.